The van der Waals surface area contributed by atoms with Gasteiger partial charge in [-0.25, -0.2) is 4.74 Å². The molecule has 1 aromatic carbocycles. The molecule has 0 fully saturated rings. The number of esters is 1. The van der Waals surface area contributed by atoms with Gasteiger partial charge in [-0.15, -0.1) is 0 Å². The van der Waals surface area contributed by atoms with Crippen LogP contribution >= 0.6 is 0 Å². The van der Waals surface area contributed by atoms with E-state index in [1.165, 1.54) is 6.92 Å². The van der Waals surface area contributed by atoms with Crippen molar-refractivity contribution in [3.05, 3.63) is 34.0 Å². The summed E-state index contributed by atoms with van der Waals surface area (Å²) in [5, 5.41) is 12.1. The smallest absolute Gasteiger partial charge is 0.308 e. The van der Waals surface area contributed by atoms with Crippen LogP contribution in [-0.4, -0.2) is 23.0 Å². The highest BCUT2D eigenvalue weighted by atomic mass is 16.5. The Morgan fingerprint density at radius 1 is 1.08 bits per heavy atom. The number of hydroxylamine groups is 1. The maximum Gasteiger partial charge on any atom is 0.308 e. The molecule has 0 aliphatic heterocycles. The first kappa shape index (κ1) is 20.2. The van der Waals surface area contributed by atoms with Crippen molar-refractivity contribution in [3.8, 4) is 5.75 Å². The quantitative estimate of drug-likeness (QED) is 0.204. The predicted molar refractivity (Wildman–Crippen MR) is 99.1 cm³/mol. The number of nitrogens with zero attached hydrogens (tertiary/aromatic N) is 1. The van der Waals surface area contributed by atoms with E-state index in [9.17, 15) is 10.0 Å². The van der Waals surface area contributed by atoms with Gasteiger partial charge in [-0.3, -0.25) is 4.79 Å². The molecular formula is C20H31NO3. The minimum absolute atomic E-state index is 0.130. The van der Waals surface area contributed by atoms with Crippen molar-refractivity contribution >= 4 is 12.2 Å². The van der Waals surface area contributed by atoms with Gasteiger partial charge in [0.1, 0.15) is 5.75 Å². The highest BCUT2D eigenvalue weighted by molar-refractivity contribution is 5.79. The van der Waals surface area contributed by atoms with Crippen LogP contribution < -0.4 is 4.74 Å². The van der Waals surface area contributed by atoms with Gasteiger partial charge in [0.15, 0.2) is 12.3 Å². The van der Waals surface area contributed by atoms with Gasteiger partial charge in [0, 0.05) is 23.6 Å². The Morgan fingerprint density at radius 3 is 1.79 bits per heavy atom. The Labute approximate surface area is 146 Å². The standard InChI is InChI=1S/C20H31NO3/c1-13(2)21(23)12-15-10-16(19(4,5)6)18(24-14(3)22)17(11-15)20(7,8)9/h10-13H,1-9H3/b21-12-. The molecule has 0 unspecified atom stereocenters. The average molecular weight is 333 g/mol. The van der Waals surface area contributed by atoms with Crippen molar-refractivity contribution in [2.45, 2.75) is 79.2 Å². The molecule has 0 amide bonds. The normalized spacial score (nSPS) is 13.3. The number of rotatable bonds is 3. The van der Waals surface area contributed by atoms with E-state index in [-0.39, 0.29) is 22.8 Å². The van der Waals surface area contributed by atoms with Gasteiger partial charge in [-0.05, 0) is 36.8 Å². The lowest BCUT2D eigenvalue weighted by atomic mass is 9.78. The molecule has 0 bridgehead atoms. The van der Waals surface area contributed by atoms with Gasteiger partial charge in [-0.1, -0.05) is 41.5 Å². The van der Waals surface area contributed by atoms with Crippen LogP contribution in [-0.2, 0) is 15.6 Å². The van der Waals surface area contributed by atoms with E-state index in [0.717, 1.165) is 21.4 Å². The molecule has 4 heteroatoms. The summed E-state index contributed by atoms with van der Waals surface area (Å²) in [6.45, 7) is 17.6. The monoisotopic (exact) mass is 333 g/mol. The Morgan fingerprint density at radius 2 is 1.50 bits per heavy atom. The van der Waals surface area contributed by atoms with Gasteiger partial charge in [-0.2, -0.15) is 0 Å². The lowest BCUT2D eigenvalue weighted by molar-refractivity contribution is -0.487. The number of hydrogen-bond acceptors (Lipinski definition) is 3. The van der Waals surface area contributed by atoms with Gasteiger partial charge >= 0.3 is 5.97 Å². The molecule has 0 saturated heterocycles. The maximum absolute atomic E-state index is 12.1. The van der Waals surface area contributed by atoms with Crippen LogP contribution in [0.5, 0.6) is 5.75 Å². The highest BCUT2D eigenvalue weighted by Gasteiger charge is 2.29. The zero-order valence-electron chi connectivity index (χ0n) is 16.5. The van der Waals surface area contributed by atoms with Crippen LogP contribution in [0.15, 0.2) is 12.1 Å². The number of hydrogen-bond donors (Lipinski definition) is 0. The topological polar surface area (TPSA) is 52.4 Å². The molecule has 4 nitrogen and oxygen atoms in total. The maximum atomic E-state index is 12.1. The first-order chi connectivity index (χ1) is 10.7. The molecule has 134 valence electrons. The molecule has 0 atom stereocenters. The Kier molecular flexibility index (Phi) is 5.86. The van der Waals surface area contributed by atoms with Gasteiger partial charge < -0.3 is 9.94 Å². The van der Waals surface area contributed by atoms with Crippen LogP contribution in [0.1, 0.15) is 79.0 Å². The average Bonchev–Trinajstić information content (AvgIpc) is 2.36. The van der Waals surface area contributed by atoms with Crippen LogP contribution in [0.25, 0.3) is 0 Å². The molecule has 0 aliphatic rings. The predicted octanol–water partition coefficient (Wildman–Crippen LogP) is 4.54. The summed E-state index contributed by atoms with van der Waals surface area (Å²) >= 11 is 0. The van der Waals surface area contributed by atoms with Crippen LogP contribution in [0.3, 0.4) is 0 Å². The number of carbonyl (C=O) groups excluding carboxylic acids is 1. The fraction of sp³-hybridized carbons (Fsp3) is 0.600. The molecule has 1 rings (SSSR count). The summed E-state index contributed by atoms with van der Waals surface area (Å²) < 4.78 is 6.54. The van der Waals surface area contributed by atoms with Crippen LogP contribution in [0, 0.1) is 5.21 Å². The van der Waals surface area contributed by atoms with Crippen LogP contribution in [0.2, 0.25) is 0 Å². The van der Waals surface area contributed by atoms with E-state index in [1.54, 1.807) is 6.21 Å². The number of carbonyl (C=O) groups is 1. The molecular weight excluding hydrogens is 302 g/mol. The Bertz CT molecular complexity index is 609. The van der Waals surface area contributed by atoms with Crippen molar-refractivity contribution < 1.29 is 14.3 Å². The Hall–Kier alpha value is -1.84. The van der Waals surface area contributed by atoms with Crippen molar-refractivity contribution in [1.82, 2.24) is 0 Å². The number of benzene rings is 1. The molecule has 0 radical (unpaired) electrons. The second-order valence-electron chi connectivity index (χ2n) is 8.62. The first-order valence-corrected chi connectivity index (χ1v) is 8.41. The molecule has 0 aromatic heterocycles. The van der Waals surface area contributed by atoms with E-state index >= 15 is 0 Å². The Balaban J connectivity index is 3.76. The van der Waals surface area contributed by atoms with Crippen molar-refractivity contribution in [1.29, 1.82) is 0 Å². The van der Waals surface area contributed by atoms with Crippen molar-refractivity contribution in [2.75, 3.05) is 0 Å². The zero-order chi connectivity index (χ0) is 18.9. The molecule has 0 N–H and O–H groups in total. The molecule has 0 spiro atoms. The first-order valence-electron chi connectivity index (χ1n) is 8.41. The third-order valence-corrected chi connectivity index (χ3v) is 3.76. The lowest BCUT2D eigenvalue weighted by Gasteiger charge is -2.29. The molecule has 24 heavy (non-hydrogen) atoms. The van der Waals surface area contributed by atoms with Gasteiger partial charge in [0.05, 0.1) is 0 Å². The van der Waals surface area contributed by atoms with Crippen molar-refractivity contribution in [3.63, 3.8) is 0 Å². The second kappa shape index (κ2) is 6.96. The summed E-state index contributed by atoms with van der Waals surface area (Å²) in [4.78, 5) is 11.6. The van der Waals surface area contributed by atoms with Crippen molar-refractivity contribution in [2.24, 2.45) is 0 Å². The SMILES string of the molecule is CC(=O)Oc1c(C(C)(C)C)cc(/C=[N+](\[O-])C(C)C)cc1C(C)(C)C. The van der Waals surface area contributed by atoms with E-state index in [2.05, 4.69) is 41.5 Å². The summed E-state index contributed by atoms with van der Waals surface area (Å²) in [5.74, 6) is 0.275. The zero-order valence-corrected chi connectivity index (χ0v) is 16.5. The third-order valence-electron chi connectivity index (χ3n) is 3.76. The summed E-state index contributed by atoms with van der Waals surface area (Å²) in [6, 6.07) is 3.76. The van der Waals surface area contributed by atoms with Gasteiger partial charge in [0.25, 0.3) is 0 Å². The van der Waals surface area contributed by atoms with E-state index in [4.69, 9.17) is 4.74 Å². The summed E-state index contributed by atoms with van der Waals surface area (Å²) in [5.41, 5.74) is 2.23. The second-order valence-corrected chi connectivity index (χ2v) is 8.62. The molecule has 1 aromatic rings. The number of ether oxygens (including phenoxy) is 1. The fourth-order valence-electron chi connectivity index (χ4n) is 2.39. The van der Waals surface area contributed by atoms with Crippen LogP contribution in [0.4, 0.5) is 0 Å². The van der Waals surface area contributed by atoms with E-state index in [1.807, 2.05) is 26.0 Å². The highest BCUT2D eigenvalue weighted by Crippen LogP contribution is 2.40. The summed E-state index contributed by atoms with van der Waals surface area (Å²) in [7, 11) is 0. The third kappa shape index (κ3) is 5.08. The lowest BCUT2D eigenvalue weighted by Crippen LogP contribution is -2.22. The minimum Gasteiger partial charge on any atom is -0.624 e. The van der Waals surface area contributed by atoms with E-state index < -0.39 is 0 Å². The van der Waals surface area contributed by atoms with E-state index in [0.29, 0.717) is 5.75 Å². The summed E-state index contributed by atoms with van der Waals surface area (Å²) in [6.07, 6.45) is 1.60. The molecule has 0 saturated carbocycles. The largest absolute Gasteiger partial charge is 0.624 e. The molecule has 0 heterocycles. The fourth-order valence-corrected chi connectivity index (χ4v) is 2.39. The minimum atomic E-state index is -0.338. The molecule has 0 aliphatic carbocycles. The van der Waals surface area contributed by atoms with Gasteiger partial charge in [0.2, 0.25) is 0 Å².